The molecule has 2 heterocycles. The Hall–Kier alpha value is -1.92. The Kier molecular flexibility index (Phi) is 6.56. The van der Waals surface area contributed by atoms with Crippen LogP contribution in [0.5, 0.6) is 0 Å². The monoisotopic (exact) mass is 366 g/mol. The second-order valence-corrected chi connectivity index (χ2v) is 6.35. The molecule has 7 heteroatoms. The number of anilines is 1. The Morgan fingerprint density at radius 1 is 1.32 bits per heavy atom. The normalized spacial score (nSPS) is 14.8. The Labute approximate surface area is 153 Å². The van der Waals surface area contributed by atoms with Crippen molar-refractivity contribution in [2.75, 3.05) is 18.4 Å². The first-order chi connectivity index (χ1) is 11.6. The van der Waals surface area contributed by atoms with Gasteiger partial charge in [0.05, 0.1) is 17.1 Å². The second-order valence-electron chi connectivity index (χ2n) is 6.35. The summed E-state index contributed by atoms with van der Waals surface area (Å²) in [4.78, 5) is 12.4. The van der Waals surface area contributed by atoms with Crippen LogP contribution in [0.25, 0.3) is 5.69 Å². The van der Waals surface area contributed by atoms with E-state index in [2.05, 4.69) is 15.7 Å². The molecule has 0 spiro atoms. The number of hydrogen-bond donors (Lipinski definition) is 2. The number of halogens is 2. The molecule has 25 heavy (non-hydrogen) atoms. The molecule has 136 valence electrons. The number of para-hydroxylation sites is 1. The van der Waals surface area contributed by atoms with Crippen LogP contribution >= 0.6 is 12.4 Å². The molecule has 0 unspecified atom stereocenters. The molecule has 0 radical (unpaired) electrons. The van der Waals surface area contributed by atoms with E-state index in [1.54, 1.807) is 22.9 Å². The molecule has 0 bridgehead atoms. The summed E-state index contributed by atoms with van der Waals surface area (Å²) in [6.07, 6.45) is 2.57. The minimum absolute atomic E-state index is 0. The highest BCUT2D eigenvalue weighted by atomic mass is 35.5. The summed E-state index contributed by atoms with van der Waals surface area (Å²) >= 11 is 0. The van der Waals surface area contributed by atoms with Crippen molar-refractivity contribution in [1.82, 2.24) is 15.1 Å². The molecular weight excluding hydrogens is 343 g/mol. The van der Waals surface area contributed by atoms with Crippen LogP contribution in [-0.4, -0.2) is 28.8 Å². The summed E-state index contributed by atoms with van der Waals surface area (Å²) in [5.74, 6) is 0.0883. The molecule has 1 aliphatic rings. The predicted octanol–water partition coefficient (Wildman–Crippen LogP) is 3.38. The first-order valence-corrected chi connectivity index (χ1v) is 8.38. The number of piperidine rings is 1. The van der Waals surface area contributed by atoms with Crippen molar-refractivity contribution in [1.29, 1.82) is 0 Å². The first-order valence-electron chi connectivity index (χ1n) is 8.38. The molecule has 2 aromatic rings. The van der Waals surface area contributed by atoms with Gasteiger partial charge in [-0.05, 0) is 57.8 Å². The third-order valence-electron chi connectivity index (χ3n) is 4.57. The van der Waals surface area contributed by atoms with E-state index in [-0.39, 0.29) is 24.1 Å². The fourth-order valence-electron chi connectivity index (χ4n) is 3.22. The maximum absolute atomic E-state index is 14.0. The molecule has 1 aromatic heterocycles. The molecule has 1 aromatic carbocycles. The maximum Gasteiger partial charge on any atom is 0.224 e. The van der Waals surface area contributed by atoms with Crippen molar-refractivity contribution >= 4 is 24.0 Å². The number of nitrogens with zero attached hydrogens (tertiary/aromatic N) is 2. The standard InChI is InChI=1S/C18H23FN4O.ClH/c1-12-18(21-17(24)11-14-7-9-20-10-8-14)13(2)23(22-12)16-6-4-3-5-15(16)19;/h3-6,14,20H,7-11H2,1-2H3,(H,21,24);1H. The van der Waals surface area contributed by atoms with Gasteiger partial charge in [0.25, 0.3) is 0 Å². The molecule has 1 amide bonds. The number of nitrogens with one attached hydrogen (secondary N) is 2. The summed E-state index contributed by atoms with van der Waals surface area (Å²) < 4.78 is 15.6. The molecule has 0 atom stereocenters. The number of benzene rings is 1. The quantitative estimate of drug-likeness (QED) is 0.872. The number of hydrogen-bond acceptors (Lipinski definition) is 3. The number of amides is 1. The zero-order valence-electron chi connectivity index (χ0n) is 14.5. The number of rotatable bonds is 4. The van der Waals surface area contributed by atoms with Crippen molar-refractivity contribution in [3.63, 3.8) is 0 Å². The minimum Gasteiger partial charge on any atom is -0.323 e. The van der Waals surface area contributed by atoms with Gasteiger partial charge in [-0.25, -0.2) is 9.07 Å². The minimum atomic E-state index is -0.337. The lowest BCUT2D eigenvalue weighted by Gasteiger charge is -2.21. The van der Waals surface area contributed by atoms with E-state index < -0.39 is 0 Å². The Balaban J connectivity index is 0.00000225. The fourth-order valence-corrected chi connectivity index (χ4v) is 3.22. The average molecular weight is 367 g/mol. The molecule has 0 aliphatic carbocycles. The SMILES string of the molecule is Cc1nn(-c2ccccc2F)c(C)c1NC(=O)CC1CCNCC1.Cl. The zero-order valence-corrected chi connectivity index (χ0v) is 15.3. The molecule has 1 fully saturated rings. The van der Waals surface area contributed by atoms with Crippen molar-refractivity contribution < 1.29 is 9.18 Å². The highest BCUT2D eigenvalue weighted by Gasteiger charge is 2.20. The molecule has 5 nitrogen and oxygen atoms in total. The fraction of sp³-hybridized carbons (Fsp3) is 0.444. The van der Waals surface area contributed by atoms with Gasteiger partial charge in [0.1, 0.15) is 11.5 Å². The lowest BCUT2D eigenvalue weighted by Crippen LogP contribution is -2.30. The van der Waals surface area contributed by atoms with Gasteiger partial charge in [-0.3, -0.25) is 4.79 Å². The predicted molar refractivity (Wildman–Crippen MR) is 99.1 cm³/mol. The van der Waals surface area contributed by atoms with E-state index in [0.717, 1.165) is 31.6 Å². The highest BCUT2D eigenvalue weighted by Crippen LogP contribution is 2.25. The summed E-state index contributed by atoms with van der Waals surface area (Å²) in [5, 5.41) is 10.7. The van der Waals surface area contributed by atoms with E-state index in [1.165, 1.54) is 6.07 Å². The maximum atomic E-state index is 14.0. The molecular formula is C18H24ClFN4O. The van der Waals surface area contributed by atoms with Gasteiger partial charge in [-0.15, -0.1) is 12.4 Å². The average Bonchev–Trinajstić information content (AvgIpc) is 2.84. The summed E-state index contributed by atoms with van der Waals surface area (Å²) in [5.41, 5.74) is 2.49. The van der Waals surface area contributed by atoms with E-state index in [4.69, 9.17) is 0 Å². The number of carbonyl (C=O) groups is 1. The molecule has 0 saturated carbocycles. The summed E-state index contributed by atoms with van der Waals surface area (Å²) in [7, 11) is 0. The van der Waals surface area contributed by atoms with Crippen LogP contribution < -0.4 is 10.6 Å². The third-order valence-corrected chi connectivity index (χ3v) is 4.57. The zero-order chi connectivity index (χ0) is 17.1. The van der Waals surface area contributed by atoms with Crippen molar-refractivity contribution in [3.05, 3.63) is 41.5 Å². The Morgan fingerprint density at radius 2 is 2.00 bits per heavy atom. The lowest BCUT2D eigenvalue weighted by atomic mass is 9.94. The highest BCUT2D eigenvalue weighted by molar-refractivity contribution is 5.92. The van der Waals surface area contributed by atoms with Crippen LogP contribution in [-0.2, 0) is 4.79 Å². The van der Waals surface area contributed by atoms with Crippen LogP contribution in [0.2, 0.25) is 0 Å². The molecule has 3 rings (SSSR count). The van der Waals surface area contributed by atoms with Crippen LogP contribution in [0.15, 0.2) is 24.3 Å². The number of aromatic nitrogens is 2. The van der Waals surface area contributed by atoms with Crippen molar-refractivity contribution in [3.8, 4) is 5.69 Å². The van der Waals surface area contributed by atoms with Crippen LogP contribution in [0, 0.1) is 25.6 Å². The van der Waals surface area contributed by atoms with Gasteiger partial charge in [-0.1, -0.05) is 12.1 Å². The lowest BCUT2D eigenvalue weighted by molar-refractivity contribution is -0.117. The van der Waals surface area contributed by atoms with Gasteiger partial charge in [0.15, 0.2) is 0 Å². The van der Waals surface area contributed by atoms with E-state index in [1.807, 2.05) is 13.8 Å². The number of carbonyl (C=O) groups excluding carboxylic acids is 1. The van der Waals surface area contributed by atoms with E-state index >= 15 is 0 Å². The van der Waals surface area contributed by atoms with Crippen LogP contribution in [0.4, 0.5) is 10.1 Å². The summed E-state index contributed by atoms with van der Waals surface area (Å²) in [6.45, 7) is 5.61. The van der Waals surface area contributed by atoms with Crippen molar-refractivity contribution in [2.24, 2.45) is 5.92 Å². The van der Waals surface area contributed by atoms with E-state index in [9.17, 15) is 9.18 Å². The molecule has 1 aliphatic heterocycles. The smallest absolute Gasteiger partial charge is 0.224 e. The van der Waals surface area contributed by atoms with Crippen LogP contribution in [0.3, 0.4) is 0 Å². The Bertz CT molecular complexity index is 741. The van der Waals surface area contributed by atoms with Crippen molar-refractivity contribution in [2.45, 2.75) is 33.1 Å². The Morgan fingerprint density at radius 3 is 2.68 bits per heavy atom. The first kappa shape index (κ1) is 19.4. The van der Waals surface area contributed by atoms with Gasteiger partial charge in [-0.2, -0.15) is 5.10 Å². The second kappa shape index (κ2) is 8.45. The van der Waals surface area contributed by atoms with Gasteiger partial charge >= 0.3 is 0 Å². The van der Waals surface area contributed by atoms with Gasteiger partial charge < -0.3 is 10.6 Å². The molecule has 2 N–H and O–H groups in total. The summed E-state index contributed by atoms with van der Waals surface area (Å²) in [6, 6.07) is 6.49. The van der Waals surface area contributed by atoms with Gasteiger partial charge in [0.2, 0.25) is 5.91 Å². The largest absolute Gasteiger partial charge is 0.323 e. The third kappa shape index (κ3) is 4.38. The van der Waals surface area contributed by atoms with Gasteiger partial charge in [0, 0.05) is 6.42 Å². The topological polar surface area (TPSA) is 59.0 Å². The van der Waals surface area contributed by atoms with Crippen LogP contribution in [0.1, 0.15) is 30.7 Å². The number of aryl methyl sites for hydroxylation is 1. The van der Waals surface area contributed by atoms with E-state index in [0.29, 0.717) is 29.4 Å². The molecule has 1 saturated heterocycles.